The van der Waals surface area contributed by atoms with Crippen LogP contribution in [0.4, 0.5) is 18.4 Å². The molecule has 11 heteroatoms. The number of hydrogen-bond acceptors (Lipinski definition) is 6. The summed E-state index contributed by atoms with van der Waals surface area (Å²) >= 11 is 0. The van der Waals surface area contributed by atoms with E-state index < -0.39 is 22.8 Å². The van der Waals surface area contributed by atoms with E-state index in [4.69, 9.17) is 9.47 Å². The Balaban J connectivity index is 1.36. The number of carbonyl (C=O) groups is 2. The van der Waals surface area contributed by atoms with Crippen LogP contribution in [0, 0.1) is 17.6 Å². The Morgan fingerprint density at radius 2 is 1.14 bits per heavy atom. The number of rotatable bonds is 6. The van der Waals surface area contributed by atoms with Gasteiger partial charge in [-0.3, -0.25) is 0 Å². The van der Waals surface area contributed by atoms with Gasteiger partial charge in [-0.25, -0.2) is 18.4 Å². The molecule has 0 spiro atoms. The van der Waals surface area contributed by atoms with E-state index in [1.54, 1.807) is 26.5 Å². The van der Waals surface area contributed by atoms with E-state index in [0.717, 1.165) is 22.3 Å². The van der Waals surface area contributed by atoms with Crippen LogP contribution in [0.2, 0.25) is 0 Å². The molecule has 2 amide bonds. The summed E-state index contributed by atoms with van der Waals surface area (Å²) in [6, 6.07) is 10.0. The van der Waals surface area contributed by atoms with Crippen LogP contribution in [0.1, 0.15) is 79.4 Å². The summed E-state index contributed by atoms with van der Waals surface area (Å²) in [5.74, 6) is -0.127. The first-order valence-corrected chi connectivity index (χ1v) is 16.9. The van der Waals surface area contributed by atoms with Crippen LogP contribution in [0.3, 0.4) is 0 Å². The first-order chi connectivity index (χ1) is 23.0. The minimum absolute atomic E-state index is 0.152. The number of aromatic nitrogens is 3. The molecule has 0 bridgehead atoms. The second kappa shape index (κ2) is 14.1. The Bertz CT molecular complexity index is 1660. The standard InChI is InChI=1S/C38H47F2N5O4/c1-24(2)23-45-33(29-11-9-27(21-31(29)39)25-13-17-43(18-14-25)35(46)48-37(3,4)5)41-42-34(45)30-12-10-28(22-32(30)40)26-15-19-44(20-16-26)36(47)49-38(6,7)8/h9-13,15,21-22,24H,14,16-20,23H2,1-8H3. The van der Waals surface area contributed by atoms with E-state index in [2.05, 4.69) is 10.2 Å². The van der Waals surface area contributed by atoms with Crippen LogP contribution in [-0.2, 0) is 16.0 Å². The third-order valence-electron chi connectivity index (χ3n) is 8.18. The van der Waals surface area contributed by atoms with Gasteiger partial charge in [0, 0.05) is 32.7 Å². The molecule has 3 heterocycles. The minimum Gasteiger partial charge on any atom is -0.444 e. The number of carbonyl (C=O) groups excluding carboxylic acids is 2. The lowest BCUT2D eigenvalue weighted by Gasteiger charge is -2.29. The zero-order valence-corrected chi connectivity index (χ0v) is 29.8. The van der Waals surface area contributed by atoms with Gasteiger partial charge in [0.05, 0.1) is 11.1 Å². The van der Waals surface area contributed by atoms with E-state index in [9.17, 15) is 9.59 Å². The molecule has 3 aromatic rings. The van der Waals surface area contributed by atoms with E-state index in [-0.39, 0.29) is 29.2 Å². The van der Waals surface area contributed by atoms with Gasteiger partial charge in [0.2, 0.25) is 0 Å². The molecule has 0 radical (unpaired) electrons. The van der Waals surface area contributed by atoms with Crippen molar-refractivity contribution in [3.63, 3.8) is 0 Å². The van der Waals surface area contributed by atoms with Crippen molar-refractivity contribution < 1.29 is 27.8 Å². The number of benzene rings is 2. The maximum absolute atomic E-state index is 15.8. The van der Waals surface area contributed by atoms with E-state index in [0.29, 0.717) is 57.2 Å². The molecule has 262 valence electrons. The Hall–Kier alpha value is -4.54. The highest BCUT2D eigenvalue weighted by Crippen LogP contribution is 2.33. The van der Waals surface area contributed by atoms with Crippen LogP contribution in [0.5, 0.6) is 0 Å². The topological polar surface area (TPSA) is 89.8 Å². The predicted octanol–water partition coefficient (Wildman–Crippen LogP) is 8.59. The summed E-state index contributed by atoms with van der Waals surface area (Å²) in [5, 5.41) is 8.71. The summed E-state index contributed by atoms with van der Waals surface area (Å²) in [4.78, 5) is 28.2. The van der Waals surface area contributed by atoms with Gasteiger partial charge in [-0.05, 0) is 107 Å². The van der Waals surface area contributed by atoms with Gasteiger partial charge < -0.3 is 23.8 Å². The third kappa shape index (κ3) is 8.74. The van der Waals surface area contributed by atoms with Crippen LogP contribution < -0.4 is 0 Å². The molecule has 2 aromatic carbocycles. The van der Waals surface area contributed by atoms with Crippen molar-refractivity contribution in [3.8, 4) is 22.8 Å². The molecule has 0 N–H and O–H groups in total. The summed E-state index contributed by atoms with van der Waals surface area (Å²) in [6.45, 7) is 17.2. The van der Waals surface area contributed by atoms with Crippen molar-refractivity contribution in [1.82, 2.24) is 24.6 Å². The summed E-state index contributed by atoms with van der Waals surface area (Å²) in [6.07, 6.45) is 4.25. The normalized spacial score (nSPS) is 15.7. The van der Waals surface area contributed by atoms with E-state index in [1.807, 2.05) is 79.7 Å². The molecule has 2 aliphatic heterocycles. The lowest BCUT2D eigenvalue weighted by Crippen LogP contribution is -2.39. The SMILES string of the molecule is CC(C)Cn1c(-c2ccc(C3=CCN(C(=O)OC(C)(C)C)CC3)cc2F)nnc1-c1ccc(C2=CCN(C(=O)OC(C)(C)C)CC2)cc1F. The van der Waals surface area contributed by atoms with Gasteiger partial charge >= 0.3 is 12.2 Å². The molecule has 1 aromatic heterocycles. The summed E-state index contributed by atoms with van der Waals surface area (Å²) in [5.41, 5.74) is 2.74. The Morgan fingerprint density at radius 3 is 1.45 bits per heavy atom. The van der Waals surface area contributed by atoms with Gasteiger partial charge in [-0.2, -0.15) is 0 Å². The fraction of sp³-hybridized carbons (Fsp3) is 0.474. The fourth-order valence-electron chi connectivity index (χ4n) is 5.88. The highest BCUT2D eigenvalue weighted by molar-refractivity contribution is 5.76. The number of amides is 2. The van der Waals surface area contributed by atoms with Gasteiger partial charge in [0.15, 0.2) is 11.6 Å². The number of halogens is 2. The average Bonchev–Trinajstić information content (AvgIpc) is 3.41. The van der Waals surface area contributed by atoms with Crippen molar-refractivity contribution in [1.29, 1.82) is 0 Å². The molecule has 0 atom stereocenters. The lowest BCUT2D eigenvalue weighted by atomic mass is 9.97. The van der Waals surface area contributed by atoms with Crippen LogP contribution >= 0.6 is 0 Å². The molecule has 2 aliphatic rings. The van der Waals surface area contributed by atoms with Crippen LogP contribution in [0.15, 0.2) is 48.6 Å². The van der Waals surface area contributed by atoms with E-state index >= 15 is 8.78 Å². The highest BCUT2D eigenvalue weighted by Gasteiger charge is 2.27. The summed E-state index contributed by atoms with van der Waals surface area (Å²) in [7, 11) is 0. The fourth-order valence-corrected chi connectivity index (χ4v) is 5.88. The predicted molar refractivity (Wildman–Crippen MR) is 186 cm³/mol. The number of ether oxygens (including phenoxy) is 2. The summed E-state index contributed by atoms with van der Waals surface area (Å²) < 4.78 is 44.3. The van der Waals surface area contributed by atoms with Gasteiger partial charge in [-0.15, -0.1) is 10.2 Å². The molecule has 0 aliphatic carbocycles. The highest BCUT2D eigenvalue weighted by atomic mass is 19.1. The molecule has 0 saturated carbocycles. The lowest BCUT2D eigenvalue weighted by molar-refractivity contribution is 0.0260. The van der Waals surface area contributed by atoms with Crippen molar-refractivity contribution >= 4 is 23.3 Å². The molecular formula is C38H47F2N5O4. The maximum Gasteiger partial charge on any atom is 0.410 e. The Kier molecular flexibility index (Phi) is 10.3. The van der Waals surface area contributed by atoms with Crippen molar-refractivity contribution in [3.05, 3.63) is 71.3 Å². The van der Waals surface area contributed by atoms with Crippen molar-refractivity contribution in [2.24, 2.45) is 5.92 Å². The monoisotopic (exact) mass is 675 g/mol. The van der Waals surface area contributed by atoms with Gasteiger partial charge in [-0.1, -0.05) is 38.1 Å². The number of nitrogens with zero attached hydrogens (tertiary/aromatic N) is 5. The van der Waals surface area contributed by atoms with Gasteiger partial charge in [0.25, 0.3) is 0 Å². The largest absolute Gasteiger partial charge is 0.444 e. The number of hydrogen-bond donors (Lipinski definition) is 0. The smallest absolute Gasteiger partial charge is 0.410 e. The quantitative estimate of drug-likeness (QED) is 0.260. The molecule has 49 heavy (non-hydrogen) atoms. The Labute approximate surface area is 287 Å². The van der Waals surface area contributed by atoms with Crippen molar-refractivity contribution in [2.45, 2.75) is 86.0 Å². The molecular weight excluding hydrogens is 628 g/mol. The Morgan fingerprint density at radius 1 is 0.735 bits per heavy atom. The van der Waals surface area contributed by atoms with E-state index in [1.165, 1.54) is 12.1 Å². The average molecular weight is 676 g/mol. The van der Waals surface area contributed by atoms with Crippen molar-refractivity contribution in [2.75, 3.05) is 26.2 Å². The first kappa shape index (κ1) is 35.8. The zero-order chi connectivity index (χ0) is 35.7. The third-order valence-corrected chi connectivity index (χ3v) is 8.18. The molecule has 5 rings (SSSR count). The molecule has 0 unspecified atom stereocenters. The second-order valence-corrected chi connectivity index (χ2v) is 15.1. The molecule has 9 nitrogen and oxygen atoms in total. The van der Waals surface area contributed by atoms with Crippen LogP contribution in [-0.4, -0.2) is 74.1 Å². The zero-order valence-electron chi connectivity index (χ0n) is 29.8. The maximum atomic E-state index is 15.8. The molecule has 0 fully saturated rings. The minimum atomic E-state index is -0.577. The second-order valence-electron chi connectivity index (χ2n) is 15.1. The first-order valence-electron chi connectivity index (χ1n) is 16.9. The van der Waals surface area contributed by atoms with Gasteiger partial charge in [0.1, 0.15) is 22.8 Å². The molecule has 0 saturated heterocycles. The van der Waals surface area contributed by atoms with Crippen LogP contribution in [0.25, 0.3) is 33.9 Å².